The highest BCUT2D eigenvalue weighted by Gasteiger charge is 2.13. The van der Waals surface area contributed by atoms with E-state index in [0.29, 0.717) is 0 Å². The number of ether oxygens (including phenoxy) is 1. The third-order valence-corrected chi connectivity index (χ3v) is 8.94. The Morgan fingerprint density at radius 1 is 0.625 bits per heavy atom. The summed E-state index contributed by atoms with van der Waals surface area (Å²) in [7, 11) is 0. The maximum atomic E-state index is 6.00. The standard InChI is InChI=1S/C28H26OS3/c1(2-6-16-29-24-15-14-21-9-4-5-10-22(21)19-24)3-11-23-20-27(25-12-7-17-30-25)32-28(23)26-13-8-18-31-26/h4-5,7-10,12-15,17-20H,1-3,6,11,16H2. The van der Waals surface area contributed by atoms with E-state index in [2.05, 4.69) is 83.6 Å². The molecule has 1 nitrogen and oxygen atoms in total. The molecule has 0 atom stereocenters. The summed E-state index contributed by atoms with van der Waals surface area (Å²) in [5.41, 5.74) is 1.51. The first kappa shape index (κ1) is 21.4. The first-order chi connectivity index (χ1) is 15.9. The molecule has 0 N–H and O–H groups in total. The maximum absolute atomic E-state index is 6.00. The van der Waals surface area contributed by atoms with Crippen LogP contribution < -0.4 is 4.74 Å². The number of thiophene rings is 3. The van der Waals surface area contributed by atoms with Gasteiger partial charge in [-0.05, 0) is 76.7 Å². The van der Waals surface area contributed by atoms with Gasteiger partial charge < -0.3 is 4.74 Å². The fourth-order valence-electron chi connectivity index (χ4n) is 3.99. The molecule has 5 aromatic rings. The van der Waals surface area contributed by atoms with Crippen LogP contribution >= 0.6 is 34.0 Å². The van der Waals surface area contributed by atoms with Gasteiger partial charge in [-0.25, -0.2) is 0 Å². The van der Waals surface area contributed by atoms with Crippen LogP contribution in [-0.4, -0.2) is 6.61 Å². The molecule has 3 aromatic heterocycles. The summed E-state index contributed by atoms with van der Waals surface area (Å²) in [6, 6.07) is 26.0. The number of rotatable bonds is 10. The minimum Gasteiger partial charge on any atom is -0.494 e. The summed E-state index contributed by atoms with van der Waals surface area (Å²) in [6.07, 6.45) is 5.95. The zero-order valence-electron chi connectivity index (χ0n) is 18.0. The molecule has 0 amide bonds. The van der Waals surface area contributed by atoms with Crippen molar-refractivity contribution >= 4 is 44.8 Å². The average Bonchev–Trinajstić information content (AvgIpc) is 3.60. The number of hydrogen-bond donors (Lipinski definition) is 0. The molecule has 0 aliphatic heterocycles. The fraction of sp³-hybridized carbons (Fsp3) is 0.214. The van der Waals surface area contributed by atoms with Gasteiger partial charge in [0.05, 0.1) is 6.61 Å². The summed E-state index contributed by atoms with van der Waals surface area (Å²) < 4.78 is 6.00. The normalized spacial score (nSPS) is 11.2. The fourth-order valence-corrected chi connectivity index (χ4v) is 6.91. The van der Waals surface area contributed by atoms with Crippen LogP contribution in [0.2, 0.25) is 0 Å². The van der Waals surface area contributed by atoms with Gasteiger partial charge >= 0.3 is 0 Å². The average molecular weight is 475 g/mol. The van der Waals surface area contributed by atoms with Crippen LogP contribution in [0.15, 0.2) is 83.6 Å². The Labute approximate surface area is 202 Å². The smallest absolute Gasteiger partial charge is 0.119 e. The van der Waals surface area contributed by atoms with Crippen LogP contribution in [0.3, 0.4) is 0 Å². The molecule has 5 rings (SSSR count). The summed E-state index contributed by atoms with van der Waals surface area (Å²) in [6.45, 7) is 0.791. The number of fused-ring (bicyclic) bond motifs is 1. The zero-order chi connectivity index (χ0) is 21.6. The highest BCUT2D eigenvalue weighted by Crippen LogP contribution is 2.42. The predicted molar refractivity (Wildman–Crippen MR) is 143 cm³/mol. The van der Waals surface area contributed by atoms with Gasteiger partial charge in [0.2, 0.25) is 0 Å². The van der Waals surface area contributed by atoms with Crippen molar-refractivity contribution in [1.29, 1.82) is 0 Å². The molecule has 0 spiro atoms. The van der Waals surface area contributed by atoms with Crippen LogP contribution in [0.4, 0.5) is 0 Å². The summed E-state index contributed by atoms with van der Waals surface area (Å²) in [5, 5.41) is 6.85. The first-order valence-corrected chi connectivity index (χ1v) is 13.8. The lowest BCUT2D eigenvalue weighted by Crippen LogP contribution is -1.97. The minimum atomic E-state index is 0.791. The van der Waals surface area contributed by atoms with E-state index in [9.17, 15) is 0 Å². The van der Waals surface area contributed by atoms with E-state index in [4.69, 9.17) is 4.74 Å². The number of unbranched alkanes of at least 4 members (excludes halogenated alkanes) is 3. The molecule has 32 heavy (non-hydrogen) atoms. The van der Waals surface area contributed by atoms with Gasteiger partial charge in [-0.2, -0.15) is 0 Å². The molecule has 0 aliphatic carbocycles. The van der Waals surface area contributed by atoms with Crippen LogP contribution in [-0.2, 0) is 6.42 Å². The van der Waals surface area contributed by atoms with Crippen molar-refractivity contribution in [2.24, 2.45) is 0 Å². The van der Waals surface area contributed by atoms with Gasteiger partial charge in [-0.3, -0.25) is 0 Å². The third-order valence-electron chi connectivity index (χ3n) is 5.65. The van der Waals surface area contributed by atoms with Gasteiger partial charge in [-0.1, -0.05) is 55.3 Å². The Bertz CT molecular complexity index is 1250. The summed E-state index contributed by atoms with van der Waals surface area (Å²) >= 11 is 5.62. The Hall–Kier alpha value is -2.40. The zero-order valence-corrected chi connectivity index (χ0v) is 20.4. The highest BCUT2D eigenvalue weighted by atomic mass is 32.1. The van der Waals surface area contributed by atoms with Crippen molar-refractivity contribution in [3.63, 3.8) is 0 Å². The predicted octanol–water partition coefficient (Wildman–Crippen LogP) is 9.54. The van der Waals surface area contributed by atoms with Crippen molar-refractivity contribution < 1.29 is 4.74 Å². The third kappa shape index (κ3) is 5.15. The minimum absolute atomic E-state index is 0.791. The molecule has 162 valence electrons. The monoisotopic (exact) mass is 474 g/mol. The Morgan fingerprint density at radius 2 is 1.41 bits per heavy atom. The van der Waals surface area contributed by atoms with E-state index in [1.54, 1.807) is 0 Å². The van der Waals surface area contributed by atoms with Gasteiger partial charge in [-0.15, -0.1) is 34.0 Å². The van der Waals surface area contributed by atoms with E-state index in [0.717, 1.165) is 25.2 Å². The second-order valence-corrected chi connectivity index (χ2v) is 10.9. The van der Waals surface area contributed by atoms with Crippen molar-refractivity contribution in [2.45, 2.75) is 32.1 Å². The molecule has 0 saturated heterocycles. The SMILES string of the molecule is c1csc(-c2cc(CCCCCCOc3ccc4ccccc4c3)c(-c3cccs3)s2)c1. The van der Waals surface area contributed by atoms with Crippen LogP contribution in [0.1, 0.15) is 31.2 Å². The first-order valence-electron chi connectivity index (χ1n) is 11.2. The molecule has 0 unspecified atom stereocenters. The lowest BCUT2D eigenvalue weighted by atomic mass is 10.1. The van der Waals surface area contributed by atoms with E-state index >= 15 is 0 Å². The molecular formula is C28H26OS3. The second-order valence-electron chi connectivity index (χ2n) is 7.94. The molecule has 0 fully saturated rings. The Morgan fingerprint density at radius 3 is 2.22 bits per heavy atom. The molecule has 3 heterocycles. The number of aryl methyl sites for hydroxylation is 1. The molecule has 0 radical (unpaired) electrons. The molecule has 0 aliphatic rings. The van der Waals surface area contributed by atoms with Crippen LogP contribution in [0.25, 0.3) is 30.3 Å². The molecule has 2 aromatic carbocycles. The van der Waals surface area contributed by atoms with E-state index in [1.165, 1.54) is 55.1 Å². The molecular weight excluding hydrogens is 449 g/mol. The van der Waals surface area contributed by atoms with Gasteiger partial charge in [0.1, 0.15) is 5.75 Å². The summed E-state index contributed by atoms with van der Waals surface area (Å²) in [5.74, 6) is 0.976. The van der Waals surface area contributed by atoms with E-state index < -0.39 is 0 Å². The van der Waals surface area contributed by atoms with Gasteiger partial charge in [0.15, 0.2) is 0 Å². The second kappa shape index (κ2) is 10.5. The summed E-state index contributed by atoms with van der Waals surface area (Å²) in [4.78, 5) is 5.65. The number of benzene rings is 2. The largest absolute Gasteiger partial charge is 0.494 e. The van der Waals surface area contributed by atoms with E-state index in [-0.39, 0.29) is 0 Å². The topological polar surface area (TPSA) is 9.23 Å². The highest BCUT2D eigenvalue weighted by molar-refractivity contribution is 7.26. The molecule has 0 saturated carbocycles. The Balaban J connectivity index is 1.11. The molecule has 4 heteroatoms. The van der Waals surface area contributed by atoms with Crippen molar-refractivity contribution in [3.8, 4) is 25.3 Å². The van der Waals surface area contributed by atoms with Gasteiger partial charge in [0.25, 0.3) is 0 Å². The Kier molecular flexibility index (Phi) is 7.02. The van der Waals surface area contributed by atoms with Gasteiger partial charge in [0, 0.05) is 19.5 Å². The number of hydrogen-bond acceptors (Lipinski definition) is 4. The van der Waals surface area contributed by atoms with Crippen molar-refractivity contribution in [2.75, 3.05) is 6.61 Å². The lowest BCUT2D eigenvalue weighted by molar-refractivity contribution is 0.305. The van der Waals surface area contributed by atoms with E-state index in [1.807, 2.05) is 34.0 Å². The van der Waals surface area contributed by atoms with Crippen LogP contribution in [0, 0.1) is 0 Å². The molecule has 0 bridgehead atoms. The quantitative estimate of drug-likeness (QED) is 0.183. The van der Waals surface area contributed by atoms with Crippen molar-refractivity contribution in [1.82, 2.24) is 0 Å². The van der Waals surface area contributed by atoms with Crippen LogP contribution in [0.5, 0.6) is 5.75 Å². The lowest BCUT2D eigenvalue weighted by Gasteiger charge is -2.07. The van der Waals surface area contributed by atoms with Crippen molar-refractivity contribution in [3.05, 3.63) is 89.1 Å². The maximum Gasteiger partial charge on any atom is 0.119 e.